The molecule has 1 aliphatic rings. The number of nitrogens with zero attached hydrogens (tertiary/aromatic N) is 1. The summed E-state index contributed by atoms with van der Waals surface area (Å²) in [5, 5.41) is 9.98. The van der Waals surface area contributed by atoms with Gasteiger partial charge in [0.1, 0.15) is 5.75 Å². The molecule has 150 valence electrons. The monoisotopic (exact) mass is 415 g/mol. The van der Waals surface area contributed by atoms with Crippen LogP contribution in [0.4, 0.5) is 4.79 Å². The molecule has 0 atom stereocenters. The van der Waals surface area contributed by atoms with Crippen molar-refractivity contribution in [1.82, 2.24) is 4.90 Å². The number of imide groups is 1. The zero-order valence-electron chi connectivity index (χ0n) is 16.5. The highest BCUT2D eigenvalue weighted by molar-refractivity contribution is 8.18. The van der Waals surface area contributed by atoms with E-state index in [1.807, 2.05) is 73.7 Å². The molecule has 1 aliphatic heterocycles. The van der Waals surface area contributed by atoms with Crippen LogP contribution in [0.15, 0.2) is 77.7 Å². The quantitative estimate of drug-likeness (QED) is 0.557. The average molecular weight is 416 g/mol. The Labute approximate surface area is 179 Å². The first-order valence-electron chi connectivity index (χ1n) is 9.66. The zero-order chi connectivity index (χ0) is 21.1. The molecule has 4 nitrogen and oxygen atoms in total. The fourth-order valence-corrected chi connectivity index (χ4v) is 4.26. The fraction of sp³-hybridized carbons (Fsp3) is 0.120. The summed E-state index contributed by atoms with van der Waals surface area (Å²) in [4.78, 5) is 26.8. The van der Waals surface area contributed by atoms with E-state index in [4.69, 9.17) is 0 Å². The maximum atomic E-state index is 12.8. The van der Waals surface area contributed by atoms with E-state index in [-0.39, 0.29) is 23.4 Å². The number of carbonyl (C=O) groups is 2. The van der Waals surface area contributed by atoms with Crippen molar-refractivity contribution >= 4 is 29.0 Å². The second-order valence-electron chi connectivity index (χ2n) is 7.31. The molecule has 4 rings (SSSR count). The molecule has 0 saturated carbocycles. The molecule has 1 saturated heterocycles. The predicted octanol–water partition coefficient (Wildman–Crippen LogP) is 5.53. The maximum Gasteiger partial charge on any atom is 0.293 e. The number of aromatic hydroxyl groups is 1. The number of aryl methyl sites for hydroxylation is 1. The van der Waals surface area contributed by atoms with Crippen molar-refractivity contribution in [3.63, 3.8) is 0 Å². The Bertz CT molecular complexity index is 1140. The normalized spacial score (nSPS) is 15.2. The second kappa shape index (κ2) is 8.59. The van der Waals surface area contributed by atoms with Gasteiger partial charge in [0.25, 0.3) is 11.1 Å². The summed E-state index contributed by atoms with van der Waals surface area (Å²) in [6.07, 6.45) is 2.32. The lowest BCUT2D eigenvalue weighted by molar-refractivity contribution is -0.123. The first-order chi connectivity index (χ1) is 14.5. The van der Waals surface area contributed by atoms with Gasteiger partial charge in [-0.15, -0.1) is 0 Å². The highest BCUT2D eigenvalue weighted by atomic mass is 32.2. The summed E-state index contributed by atoms with van der Waals surface area (Å²) in [5.41, 5.74) is 4.70. The van der Waals surface area contributed by atoms with Crippen molar-refractivity contribution < 1.29 is 14.7 Å². The van der Waals surface area contributed by atoms with Crippen LogP contribution < -0.4 is 0 Å². The Morgan fingerprint density at radius 3 is 2.43 bits per heavy atom. The minimum absolute atomic E-state index is 0.0808. The number of thioether (sulfide) groups is 1. The smallest absolute Gasteiger partial charge is 0.293 e. The van der Waals surface area contributed by atoms with Crippen LogP contribution in [0.25, 0.3) is 6.08 Å². The minimum atomic E-state index is -0.334. The van der Waals surface area contributed by atoms with E-state index in [2.05, 4.69) is 0 Å². The molecule has 30 heavy (non-hydrogen) atoms. The van der Waals surface area contributed by atoms with Gasteiger partial charge in [-0.1, -0.05) is 66.2 Å². The van der Waals surface area contributed by atoms with Crippen LogP contribution in [-0.2, 0) is 17.8 Å². The first kappa shape index (κ1) is 20.0. The number of phenols is 1. The molecule has 3 aromatic carbocycles. The van der Waals surface area contributed by atoms with Gasteiger partial charge in [0.15, 0.2) is 0 Å². The fourth-order valence-electron chi connectivity index (χ4n) is 3.43. The Hall–Kier alpha value is -3.31. The molecule has 0 radical (unpaired) electrons. The topological polar surface area (TPSA) is 57.6 Å². The number of carbonyl (C=O) groups excluding carboxylic acids is 2. The SMILES string of the molecule is Cc1cccc(CN2C(=O)S/C(=C\c3cc(Cc4ccccc4)ccc3O)C2=O)c1. The molecular weight excluding hydrogens is 394 g/mol. The third-order valence-electron chi connectivity index (χ3n) is 4.93. The number of hydrogen-bond donors (Lipinski definition) is 1. The molecule has 5 heteroatoms. The Kier molecular flexibility index (Phi) is 5.72. The first-order valence-corrected chi connectivity index (χ1v) is 10.5. The minimum Gasteiger partial charge on any atom is -0.507 e. The third kappa shape index (κ3) is 4.47. The molecular formula is C25H21NO3S. The van der Waals surface area contributed by atoms with E-state index >= 15 is 0 Å². The molecule has 3 aromatic rings. The van der Waals surface area contributed by atoms with E-state index in [1.165, 1.54) is 4.90 Å². The highest BCUT2D eigenvalue weighted by Gasteiger charge is 2.35. The number of phenolic OH excluding ortho intramolecular Hbond substituents is 1. The molecule has 0 unspecified atom stereocenters. The molecule has 1 fully saturated rings. The van der Waals surface area contributed by atoms with Crippen LogP contribution in [-0.4, -0.2) is 21.2 Å². The van der Waals surface area contributed by atoms with E-state index in [1.54, 1.807) is 12.1 Å². The van der Waals surface area contributed by atoms with E-state index < -0.39 is 0 Å². The van der Waals surface area contributed by atoms with Gasteiger partial charge in [0, 0.05) is 5.56 Å². The predicted molar refractivity (Wildman–Crippen MR) is 120 cm³/mol. The third-order valence-corrected chi connectivity index (χ3v) is 5.83. The summed E-state index contributed by atoms with van der Waals surface area (Å²) in [6.45, 7) is 2.21. The van der Waals surface area contributed by atoms with Crippen molar-refractivity contribution in [2.45, 2.75) is 19.9 Å². The molecule has 1 heterocycles. The van der Waals surface area contributed by atoms with Crippen LogP contribution in [0.1, 0.15) is 27.8 Å². The molecule has 0 bridgehead atoms. The maximum absolute atomic E-state index is 12.8. The Balaban J connectivity index is 1.56. The zero-order valence-corrected chi connectivity index (χ0v) is 17.4. The number of benzene rings is 3. The van der Waals surface area contributed by atoms with Crippen molar-refractivity contribution in [2.24, 2.45) is 0 Å². The van der Waals surface area contributed by atoms with Crippen molar-refractivity contribution in [3.05, 3.63) is 106 Å². The summed E-state index contributed by atoms with van der Waals surface area (Å²) < 4.78 is 0. The van der Waals surface area contributed by atoms with E-state index in [0.29, 0.717) is 10.5 Å². The van der Waals surface area contributed by atoms with Gasteiger partial charge in [-0.3, -0.25) is 14.5 Å². The number of rotatable bonds is 5. The van der Waals surface area contributed by atoms with Gasteiger partial charge in [0.05, 0.1) is 11.4 Å². The van der Waals surface area contributed by atoms with Gasteiger partial charge in [-0.05, 0) is 60.0 Å². The highest BCUT2D eigenvalue weighted by Crippen LogP contribution is 2.35. The number of amides is 2. The second-order valence-corrected chi connectivity index (χ2v) is 8.31. The van der Waals surface area contributed by atoms with Gasteiger partial charge in [-0.25, -0.2) is 0 Å². The largest absolute Gasteiger partial charge is 0.507 e. The van der Waals surface area contributed by atoms with Crippen molar-refractivity contribution in [1.29, 1.82) is 0 Å². The summed E-state index contributed by atoms with van der Waals surface area (Å²) in [5.74, 6) is -0.253. The average Bonchev–Trinajstić information content (AvgIpc) is 2.99. The molecule has 2 amide bonds. The van der Waals surface area contributed by atoms with Crippen molar-refractivity contribution in [3.8, 4) is 5.75 Å². The lowest BCUT2D eigenvalue weighted by Crippen LogP contribution is -2.27. The summed E-state index contributed by atoms with van der Waals surface area (Å²) >= 11 is 0.906. The Morgan fingerprint density at radius 2 is 1.67 bits per heavy atom. The number of hydrogen-bond acceptors (Lipinski definition) is 4. The van der Waals surface area contributed by atoms with Gasteiger partial charge >= 0.3 is 0 Å². The van der Waals surface area contributed by atoms with Gasteiger partial charge < -0.3 is 5.11 Å². The summed E-state index contributed by atoms with van der Waals surface area (Å²) in [7, 11) is 0. The molecule has 1 N–H and O–H groups in total. The lowest BCUT2D eigenvalue weighted by Gasteiger charge is -2.12. The molecule has 0 aromatic heterocycles. The van der Waals surface area contributed by atoms with Crippen molar-refractivity contribution in [2.75, 3.05) is 0 Å². The Morgan fingerprint density at radius 1 is 0.900 bits per heavy atom. The van der Waals surface area contributed by atoms with E-state index in [9.17, 15) is 14.7 Å². The standard InChI is InChI=1S/C25H21NO3S/c1-17-6-5-9-20(12-17)16-26-24(28)23(30-25(26)29)15-21-14-19(10-11-22(21)27)13-18-7-3-2-4-8-18/h2-12,14-15,27H,13,16H2,1H3/b23-15-. The van der Waals surface area contributed by atoms with Crippen LogP contribution in [0.2, 0.25) is 0 Å². The summed E-state index contributed by atoms with van der Waals surface area (Å²) in [6, 6.07) is 23.1. The van der Waals surface area contributed by atoms with Crippen LogP contribution in [0, 0.1) is 6.92 Å². The molecule has 0 aliphatic carbocycles. The molecule has 0 spiro atoms. The van der Waals surface area contributed by atoms with Crippen LogP contribution in [0.5, 0.6) is 5.75 Å². The van der Waals surface area contributed by atoms with Crippen LogP contribution >= 0.6 is 11.8 Å². The van der Waals surface area contributed by atoms with Gasteiger partial charge in [0.2, 0.25) is 0 Å². The lowest BCUT2D eigenvalue weighted by atomic mass is 10.0. The van der Waals surface area contributed by atoms with Crippen LogP contribution in [0.3, 0.4) is 0 Å². The van der Waals surface area contributed by atoms with Gasteiger partial charge in [-0.2, -0.15) is 0 Å². The van der Waals surface area contributed by atoms with E-state index in [0.717, 1.165) is 40.4 Å².